The van der Waals surface area contributed by atoms with Gasteiger partial charge in [0.2, 0.25) is 10.0 Å². The Hall–Kier alpha value is -1.93. The SMILES string of the molecule is CCOC(=O)c1ccc(S(=O)(=O)N2C[C@@H](N)[C@H](c3ccccc3)C2)cc1.Cl. The summed E-state index contributed by atoms with van der Waals surface area (Å²) in [4.78, 5) is 11.9. The summed E-state index contributed by atoms with van der Waals surface area (Å²) in [6.07, 6.45) is 0. The van der Waals surface area contributed by atoms with Crippen molar-refractivity contribution in [2.24, 2.45) is 5.73 Å². The first-order valence-electron chi connectivity index (χ1n) is 8.51. The highest BCUT2D eigenvalue weighted by Gasteiger charge is 2.38. The molecule has 6 nitrogen and oxygen atoms in total. The lowest BCUT2D eigenvalue weighted by Gasteiger charge is -2.17. The maximum Gasteiger partial charge on any atom is 0.338 e. The van der Waals surface area contributed by atoms with Crippen LogP contribution in [0.3, 0.4) is 0 Å². The molecule has 146 valence electrons. The molecule has 2 N–H and O–H groups in total. The van der Waals surface area contributed by atoms with E-state index in [1.54, 1.807) is 6.92 Å². The van der Waals surface area contributed by atoms with Crippen LogP contribution in [-0.2, 0) is 14.8 Å². The van der Waals surface area contributed by atoms with E-state index < -0.39 is 16.0 Å². The number of ether oxygens (including phenoxy) is 1. The molecular formula is C19H23ClN2O4S. The summed E-state index contributed by atoms with van der Waals surface area (Å²) in [5.74, 6) is -0.506. The van der Waals surface area contributed by atoms with Crippen LogP contribution in [0.1, 0.15) is 28.8 Å². The zero-order valence-corrected chi connectivity index (χ0v) is 16.6. The lowest BCUT2D eigenvalue weighted by Crippen LogP contribution is -2.32. The molecule has 0 spiro atoms. The molecular weight excluding hydrogens is 388 g/mol. The van der Waals surface area contributed by atoms with Crippen molar-refractivity contribution in [2.45, 2.75) is 23.8 Å². The standard InChI is InChI=1S/C19H22N2O4S.ClH/c1-2-25-19(22)15-8-10-16(11-9-15)26(23,24)21-12-17(18(20)13-21)14-6-4-3-5-7-14;/h3-11,17-18H,2,12-13,20H2,1H3;1H/t17-,18+;/m0./s1. The first-order chi connectivity index (χ1) is 12.4. The quantitative estimate of drug-likeness (QED) is 0.764. The molecule has 2 aromatic rings. The Morgan fingerprint density at radius 1 is 1.11 bits per heavy atom. The molecule has 1 fully saturated rings. The largest absolute Gasteiger partial charge is 0.462 e. The van der Waals surface area contributed by atoms with Gasteiger partial charge in [-0.2, -0.15) is 4.31 Å². The summed E-state index contributed by atoms with van der Waals surface area (Å²) in [6.45, 7) is 2.59. The van der Waals surface area contributed by atoms with Gasteiger partial charge < -0.3 is 10.5 Å². The number of carbonyl (C=O) groups is 1. The molecule has 1 aliphatic heterocycles. The van der Waals surface area contributed by atoms with Crippen molar-refractivity contribution < 1.29 is 17.9 Å². The molecule has 2 atom stereocenters. The number of nitrogens with two attached hydrogens (primary N) is 1. The van der Waals surface area contributed by atoms with Crippen molar-refractivity contribution in [3.05, 3.63) is 65.7 Å². The zero-order chi connectivity index (χ0) is 18.7. The normalized spacial score (nSPS) is 20.1. The molecule has 1 saturated heterocycles. The van der Waals surface area contributed by atoms with Crippen LogP contribution in [0.5, 0.6) is 0 Å². The molecule has 0 amide bonds. The minimum Gasteiger partial charge on any atom is -0.462 e. The summed E-state index contributed by atoms with van der Waals surface area (Å²) in [6, 6.07) is 15.2. The highest BCUT2D eigenvalue weighted by Crippen LogP contribution is 2.30. The highest BCUT2D eigenvalue weighted by molar-refractivity contribution is 7.89. The van der Waals surface area contributed by atoms with Gasteiger partial charge >= 0.3 is 5.97 Å². The van der Waals surface area contributed by atoms with E-state index in [4.69, 9.17) is 10.5 Å². The smallest absolute Gasteiger partial charge is 0.338 e. The van der Waals surface area contributed by atoms with Crippen LogP contribution in [-0.4, -0.2) is 44.4 Å². The van der Waals surface area contributed by atoms with E-state index in [2.05, 4.69) is 0 Å². The fraction of sp³-hybridized carbons (Fsp3) is 0.316. The lowest BCUT2D eigenvalue weighted by atomic mass is 9.95. The number of nitrogens with zero attached hydrogens (tertiary/aromatic N) is 1. The maximum atomic E-state index is 12.9. The van der Waals surface area contributed by atoms with Crippen molar-refractivity contribution in [2.75, 3.05) is 19.7 Å². The van der Waals surface area contributed by atoms with Gasteiger partial charge in [-0.05, 0) is 36.8 Å². The van der Waals surface area contributed by atoms with Crippen molar-refractivity contribution >= 4 is 28.4 Å². The van der Waals surface area contributed by atoms with E-state index in [0.717, 1.165) is 5.56 Å². The number of halogens is 1. The van der Waals surface area contributed by atoms with E-state index in [0.29, 0.717) is 12.1 Å². The molecule has 3 rings (SSSR count). The molecule has 0 unspecified atom stereocenters. The molecule has 1 aliphatic rings. The number of benzene rings is 2. The Morgan fingerprint density at radius 2 is 1.74 bits per heavy atom. The Kier molecular flexibility index (Phi) is 7.00. The van der Waals surface area contributed by atoms with Gasteiger partial charge in [-0.1, -0.05) is 30.3 Å². The molecule has 1 heterocycles. The van der Waals surface area contributed by atoms with Gasteiger partial charge in [-0.15, -0.1) is 12.4 Å². The minimum absolute atomic E-state index is 0. The van der Waals surface area contributed by atoms with Crippen molar-refractivity contribution in [3.63, 3.8) is 0 Å². The van der Waals surface area contributed by atoms with Gasteiger partial charge in [0.1, 0.15) is 0 Å². The monoisotopic (exact) mass is 410 g/mol. The average molecular weight is 411 g/mol. The second kappa shape index (κ2) is 8.84. The Labute approximate surface area is 165 Å². The number of sulfonamides is 1. The lowest BCUT2D eigenvalue weighted by molar-refractivity contribution is 0.0526. The Morgan fingerprint density at radius 3 is 2.33 bits per heavy atom. The van der Waals surface area contributed by atoms with Crippen molar-refractivity contribution in [1.82, 2.24) is 4.31 Å². The molecule has 2 aromatic carbocycles. The maximum absolute atomic E-state index is 12.9. The van der Waals surface area contributed by atoms with E-state index in [1.807, 2.05) is 30.3 Å². The average Bonchev–Trinajstić information content (AvgIpc) is 3.05. The molecule has 0 radical (unpaired) electrons. The third kappa shape index (κ3) is 4.50. The van der Waals surface area contributed by atoms with E-state index in [1.165, 1.54) is 28.6 Å². The second-order valence-corrected chi connectivity index (χ2v) is 8.19. The molecule has 0 aromatic heterocycles. The Bertz CT molecular complexity index is 872. The third-order valence-corrected chi connectivity index (χ3v) is 6.41. The molecule has 27 heavy (non-hydrogen) atoms. The number of hydrogen-bond donors (Lipinski definition) is 1. The summed E-state index contributed by atoms with van der Waals surface area (Å²) in [7, 11) is -3.67. The fourth-order valence-electron chi connectivity index (χ4n) is 3.17. The summed E-state index contributed by atoms with van der Waals surface area (Å²) in [5, 5.41) is 0. The third-order valence-electron chi connectivity index (χ3n) is 4.56. The minimum atomic E-state index is -3.67. The first-order valence-corrected chi connectivity index (χ1v) is 9.95. The zero-order valence-electron chi connectivity index (χ0n) is 14.9. The summed E-state index contributed by atoms with van der Waals surface area (Å²) in [5.41, 5.74) is 7.57. The van der Waals surface area contributed by atoms with Crippen LogP contribution in [0, 0.1) is 0 Å². The van der Waals surface area contributed by atoms with Crippen LogP contribution < -0.4 is 5.73 Å². The van der Waals surface area contributed by atoms with Crippen LogP contribution >= 0.6 is 12.4 Å². The van der Waals surface area contributed by atoms with E-state index in [9.17, 15) is 13.2 Å². The fourth-order valence-corrected chi connectivity index (χ4v) is 4.67. The van der Waals surface area contributed by atoms with Gasteiger partial charge in [0, 0.05) is 25.0 Å². The van der Waals surface area contributed by atoms with Gasteiger partial charge in [0.05, 0.1) is 17.1 Å². The number of rotatable bonds is 5. The number of hydrogen-bond acceptors (Lipinski definition) is 5. The van der Waals surface area contributed by atoms with Gasteiger partial charge in [-0.25, -0.2) is 13.2 Å². The van der Waals surface area contributed by atoms with Crippen LogP contribution in [0.15, 0.2) is 59.5 Å². The predicted octanol–water partition coefficient (Wildman–Crippen LogP) is 2.40. The van der Waals surface area contributed by atoms with Crippen LogP contribution in [0.4, 0.5) is 0 Å². The van der Waals surface area contributed by atoms with Crippen molar-refractivity contribution in [1.29, 1.82) is 0 Å². The van der Waals surface area contributed by atoms with E-state index in [-0.39, 0.29) is 42.4 Å². The van der Waals surface area contributed by atoms with Gasteiger partial charge in [-0.3, -0.25) is 0 Å². The molecule has 0 bridgehead atoms. The van der Waals surface area contributed by atoms with Gasteiger partial charge in [0.25, 0.3) is 0 Å². The predicted molar refractivity (Wildman–Crippen MR) is 106 cm³/mol. The molecule has 0 saturated carbocycles. The molecule has 8 heteroatoms. The van der Waals surface area contributed by atoms with Gasteiger partial charge in [0.15, 0.2) is 0 Å². The van der Waals surface area contributed by atoms with Crippen LogP contribution in [0.25, 0.3) is 0 Å². The molecule has 0 aliphatic carbocycles. The topological polar surface area (TPSA) is 89.7 Å². The number of carbonyl (C=O) groups excluding carboxylic acids is 1. The van der Waals surface area contributed by atoms with E-state index >= 15 is 0 Å². The van der Waals surface area contributed by atoms with Crippen LogP contribution in [0.2, 0.25) is 0 Å². The summed E-state index contributed by atoms with van der Waals surface area (Å²) < 4.78 is 32.2. The summed E-state index contributed by atoms with van der Waals surface area (Å²) >= 11 is 0. The Balaban J connectivity index is 0.00000261. The second-order valence-electron chi connectivity index (χ2n) is 6.25. The van der Waals surface area contributed by atoms with Crippen molar-refractivity contribution in [3.8, 4) is 0 Å². The number of esters is 1. The highest BCUT2D eigenvalue weighted by atomic mass is 35.5. The first kappa shape index (κ1) is 21.4.